The van der Waals surface area contributed by atoms with Crippen LogP contribution in [0.3, 0.4) is 0 Å². The number of hydrogen-bond acceptors (Lipinski definition) is 5. The summed E-state index contributed by atoms with van der Waals surface area (Å²) in [5, 5.41) is 3.54. The third kappa shape index (κ3) is 4.14. The Hall–Kier alpha value is -1.89. The summed E-state index contributed by atoms with van der Waals surface area (Å²) in [6.45, 7) is 0.911. The average molecular weight is 379 g/mol. The van der Waals surface area contributed by atoms with Gasteiger partial charge in [0, 0.05) is 12.1 Å². The predicted molar refractivity (Wildman–Crippen MR) is 99.3 cm³/mol. The van der Waals surface area contributed by atoms with E-state index in [-0.39, 0.29) is 5.91 Å². The van der Waals surface area contributed by atoms with E-state index in [0.717, 1.165) is 15.6 Å². The van der Waals surface area contributed by atoms with Crippen molar-refractivity contribution in [3.63, 3.8) is 0 Å². The Kier molecular flexibility index (Phi) is 5.50. The molecule has 1 aromatic carbocycles. The molecule has 3 aromatic rings. The second kappa shape index (κ2) is 7.79. The number of rotatable bonds is 6. The normalized spacial score (nSPS) is 10.6. The largest absolute Gasteiger partial charge is 0.492 e. The highest BCUT2D eigenvalue weighted by Gasteiger charge is 2.16. The molecule has 0 unspecified atom stereocenters. The maximum atomic E-state index is 12.4. The van der Waals surface area contributed by atoms with Gasteiger partial charge < -0.3 is 9.64 Å². The van der Waals surface area contributed by atoms with Crippen molar-refractivity contribution in [3.05, 3.63) is 57.9 Å². The number of thiazole rings is 1. The molecule has 0 aliphatic carbocycles. The average Bonchev–Trinajstić information content (AvgIpc) is 3.27. The fraction of sp³-hybridized carbons (Fsp3) is 0.176. The highest BCUT2D eigenvalue weighted by Crippen LogP contribution is 2.29. The number of halogens is 1. The van der Waals surface area contributed by atoms with Gasteiger partial charge in [-0.2, -0.15) is 0 Å². The van der Waals surface area contributed by atoms with Gasteiger partial charge in [0.25, 0.3) is 5.91 Å². The van der Waals surface area contributed by atoms with Crippen molar-refractivity contribution in [2.75, 3.05) is 20.2 Å². The van der Waals surface area contributed by atoms with Crippen molar-refractivity contribution < 1.29 is 9.53 Å². The highest BCUT2D eigenvalue weighted by atomic mass is 35.5. The summed E-state index contributed by atoms with van der Waals surface area (Å²) < 4.78 is 5.62. The van der Waals surface area contributed by atoms with Crippen molar-refractivity contribution in [1.29, 1.82) is 0 Å². The molecule has 0 saturated carbocycles. The topological polar surface area (TPSA) is 42.4 Å². The minimum atomic E-state index is -0.0463. The summed E-state index contributed by atoms with van der Waals surface area (Å²) in [4.78, 5) is 20.1. The molecule has 0 aliphatic heterocycles. The zero-order chi connectivity index (χ0) is 16.9. The second-order valence-corrected chi connectivity index (χ2v) is 7.45. The summed E-state index contributed by atoms with van der Waals surface area (Å²) in [6, 6.07) is 11.1. The van der Waals surface area contributed by atoms with Crippen molar-refractivity contribution in [1.82, 2.24) is 9.88 Å². The summed E-state index contributed by atoms with van der Waals surface area (Å²) in [5.41, 5.74) is 0. The molecule has 0 radical (unpaired) electrons. The zero-order valence-corrected chi connectivity index (χ0v) is 15.3. The van der Waals surface area contributed by atoms with Gasteiger partial charge >= 0.3 is 0 Å². The van der Waals surface area contributed by atoms with Gasteiger partial charge in [-0.05, 0) is 35.7 Å². The van der Waals surface area contributed by atoms with Gasteiger partial charge in [0.2, 0.25) is 0 Å². The van der Waals surface area contributed by atoms with Crippen LogP contribution < -0.4 is 4.74 Å². The molecule has 124 valence electrons. The number of amides is 1. The molecule has 0 atom stereocenters. The van der Waals surface area contributed by atoms with E-state index in [4.69, 9.17) is 16.3 Å². The molecule has 0 saturated heterocycles. The lowest BCUT2D eigenvalue weighted by molar-refractivity contribution is 0.0778. The lowest BCUT2D eigenvalue weighted by atomic mass is 10.3. The number of nitrogens with zero attached hydrogens (tertiary/aromatic N) is 2. The number of ether oxygens (including phenoxy) is 1. The minimum Gasteiger partial charge on any atom is -0.492 e. The van der Waals surface area contributed by atoms with Gasteiger partial charge in [0.15, 0.2) is 0 Å². The molecule has 0 bridgehead atoms. The molecule has 24 heavy (non-hydrogen) atoms. The molecule has 3 rings (SSSR count). The molecular formula is C17H15ClN2O2S2. The standard InChI is InChI=1S/C17H15ClN2O2S2/c1-20(8-9-22-13-6-4-12(18)5-7-13)17(21)15-11-19-16(24-15)14-3-2-10-23-14/h2-7,10-11H,8-9H2,1H3. The molecule has 2 heterocycles. The third-order valence-electron chi connectivity index (χ3n) is 3.30. The molecule has 1 amide bonds. The predicted octanol–water partition coefficient (Wildman–Crippen LogP) is 4.68. The van der Waals surface area contributed by atoms with E-state index in [0.29, 0.717) is 23.1 Å². The van der Waals surface area contributed by atoms with Crippen LogP contribution in [-0.2, 0) is 0 Å². The number of carbonyl (C=O) groups excluding carboxylic acids is 1. The Morgan fingerprint density at radius 2 is 2.08 bits per heavy atom. The van der Waals surface area contributed by atoms with Crippen LogP contribution in [0, 0.1) is 0 Å². The Bertz CT molecular complexity index is 800. The first kappa shape index (κ1) is 17.0. The van der Waals surface area contributed by atoms with Crippen LogP contribution in [0.5, 0.6) is 5.75 Å². The maximum absolute atomic E-state index is 12.4. The van der Waals surface area contributed by atoms with E-state index < -0.39 is 0 Å². The van der Waals surface area contributed by atoms with Gasteiger partial charge in [0.1, 0.15) is 22.2 Å². The summed E-state index contributed by atoms with van der Waals surface area (Å²) >= 11 is 8.86. The Morgan fingerprint density at radius 1 is 1.29 bits per heavy atom. The van der Waals surface area contributed by atoms with Gasteiger partial charge in [-0.25, -0.2) is 4.98 Å². The number of aromatic nitrogens is 1. The van der Waals surface area contributed by atoms with Crippen LogP contribution in [0.15, 0.2) is 48.0 Å². The monoisotopic (exact) mass is 378 g/mol. The van der Waals surface area contributed by atoms with Crippen LogP contribution in [-0.4, -0.2) is 36.0 Å². The first-order valence-corrected chi connectivity index (χ1v) is 9.34. The van der Waals surface area contributed by atoms with Crippen molar-refractivity contribution in [2.24, 2.45) is 0 Å². The van der Waals surface area contributed by atoms with Gasteiger partial charge in [-0.3, -0.25) is 4.79 Å². The van der Waals surface area contributed by atoms with Crippen molar-refractivity contribution in [2.45, 2.75) is 0 Å². The fourth-order valence-corrected chi connectivity index (χ4v) is 3.85. The van der Waals surface area contributed by atoms with Crippen LogP contribution in [0.2, 0.25) is 5.02 Å². The number of benzene rings is 1. The van der Waals surface area contributed by atoms with Crippen LogP contribution >= 0.6 is 34.3 Å². The van der Waals surface area contributed by atoms with E-state index in [1.165, 1.54) is 11.3 Å². The second-order valence-electron chi connectivity index (χ2n) is 5.04. The van der Waals surface area contributed by atoms with E-state index in [1.54, 1.807) is 53.7 Å². The lowest BCUT2D eigenvalue weighted by Crippen LogP contribution is -2.30. The van der Waals surface area contributed by atoms with Crippen molar-refractivity contribution >= 4 is 40.2 Å². The van der Waals surface area contributed by atoms with Gasteiger partial charge in [0.05, 0.1) is 17.6 Å². The number of carbonyl (C=O) groups is 1. The fourth-order valence-electron chi connectivity index (χ4n) is 2.01. The third-order valence-corrected chi connectivity index (χ3v) is 5.58. The maximum Gasteiger partial charge on any atom is 0.265 e. The quantitative estimate of drug-likeness (QED) is 0.625. The number of likely N-dealkylation sites (N-methyl/N-ethyl adjacent to an activating group) is 1. The van der Waals surface area contributed by atoms with Crippen LogP contribution in [0.1, 0.15) is 9.67 Å². The molecule has 0 aliphatic rings. The van der Waals surface area contributed by atoms with Crippen LogP contribution in [0.25, 0.3) is 9.88 Å². The van der Waals surface area contributed by atoms with E-state index in [1.807, 2.05) is 17.5 Å². The first-order chi connectivity index (χ1) is 11.6. The SMILES string of the molecule is CN(CCOc1ccc(Cl)cc1)C(=O)c1cnc(-c2cccs2)s1. The van der Waals surface area contributed by atoms with Crippen molar-refractivity contribution in [3.8, 4) is 15.6 Å². The summed E-state index contributed by atoms with van der Waals surface area (Å²) in [7, 11) is 1.76. The molecule has 7 heteroatoms. The smallest absolute Gasteiger partial charge is 0.265 e. The minimum absolute atomic E-state index is 0.0463. The highest BCUT2D eigenvalue weighted by molar-refractivity contribution is 7.21. The van der Waals surface area contributed by atoms with Gasteiger partial charge in [-0.15, -0.1) is 22.7 Å². The zero-order valence-electron chi connectivity index (χ0n) is 12.9. The number of thiophene rings is 1. The van der Waals surface area contributed by atoms with E-state index in [9.17, 15) is 4.79 Å². The van der Waals surface area contributed by atoms with E-state index in [2.05, 4.69) is 4.98 Å². The lowest BCUT2D eigenvalue weighted by Gasteiger charge is -2.16. The Labute approximate surface area is 153 Å². The van der Waals surface area contributed by atoms with Crippen LogP contribution in [0.4, 0.5) is 0 Å². The van der Waals surface area contributed by atoms with Gasteiger partial charge in [-0.1, -0.05) is 17.7 Å². The van der Waals surface area contributed by atoms with E-state index >= 15 is 0 Å². The summed E-state index contributed by atoms with van der Waals surface area (Å²) in [5.74, 6) is 0.688. The molecule has 4 nitrogen and oxygen atoms in total. The first-order valence-electron chi connectivity index (χ1n) is 7.27. The Balaban J connectivity index is 1.54. The molecule has 2 aromatic heterocycles. The molecule has 0 N–H and O–H groups in total. The molecule has 0 fully saturated rings. The molecule has 0 spiro atoms. The molecular weight excluding hydrogens is 364 g/mol. The Morgan fingerprint density at radius 3 is 2.79 bits per heavy atom. The summed E-state index contributed by atoms with van der Waals surface area (Å²) in [6.07, 6.45) is 1.64. The number of hydrogen-bond donors (Lipinski definition) is 0.